The minimum atomic E-state index is 0.193. The van der Waals surface area contributed by atoms with Crippen molar-refractivity contribution in [2.24, 2.45) is 0 Å². The molecule has 1 saturated heterocycles. The Morgan fingerprint density at radius 2 is 1.00 bits per heavy atom. The Morgan fingerprint density at radius 3 is 1.37 bits per heavy atom. The van der Waals surface area contributed by atoms with E-state index in [1.807, 2.05) is 4.90 Å². The zero-order chi connectivity index (χ0) is 22.2. The van der Waals surface area contributed by atoms with Gasteiger partial charge in [-0.2, -0.15) is 0 Å². The fraction of sp³-hybridized carbons (Fsp3) is 0.519. The van der Waals surface area contributed by atoms with E-state index >= 15 is 0 Å². The summed E-state index contributed by atoms with van der Waals surface area (Å²) in [5.74, 6) is 1.76. The minimum absolute atomic E-state index is 0.193. The van der Waals surface area contributed by atoms with Gasteiger partial charge in [-0.25, -0.2) is 0 Å². The molecule has 0 radical (unpaired) electrons. The maximum absolute atomic E-state index is 13.4. The van der Waals surface area contributed by atoms with Crippen molar-refractivity contribution in [3.05, 3.63) is 58.7 Å². The molecule has 0 bridgehead atoms. The molecule has 2 aromatic rings. The SMILES string of the molecule is CC(C)c1cccc(C(C)C)c1N1CC(=O)N(c2c(C(C)C)cccc2C(C)C)C1. The van der Waals surface area contributed by atoms with Gasteiger partial charge in [0.05, 0.1) is 18.9 Å². The molecular formula is C27H38N2O. The minimum Gasteiger partial charge on any atom is -0.344 e. The van der Waals surface area contributed by atoms with Gasteiger partial charge in [0.1, 0.15) is 0 Å². The van der Waals surface area contributed by atoms with Crippen LogP contribution >= 0.6 is 0 Å². The predicted molar refractivity (Wildman–Crippen MR) is 129 cm³/mol. The molecule has 0 N–H and O–H groups in total. The molecule has 30 heavy (non-hydrogen) atoms. The first-order chi connectivity index (χ1) is 14.1. The third kappa shape index (κ3) is 4.12. The maximum Gasteiger partial charge on any atom is 0.248 e. The first-order valence-corrected chi connectivity index (χ1v) is 11.4. The van der Waals surface area contributed by atoms with E-state index in [1.54, 1.807) is 0 Å². The summed E-state index contributed by atoms with van der Waals surface area (Å²) in [6, 6.07) is 13.1. The topological polar surface area (TPSA) is 23.6 Å². The van der Waals surface area contributed by atoms with Crippen LogP contribution in [0.3, 0.4) is 0 Å². The van der Waals surface area contributed by atoms with E-state index in [1.165, 1.54) is 27.9 Å². The van der Waals surface area contributed by atoms with Gasteiger partial charge in [0.2, 0.25) is 5.91 Å². The molecule has 0 unspecified atom stereocenters. The normalized spacial score (nSPS) is 14.9. The number of nitrogens with zero attached hydrogens (tertiary/aromatic N) is 2. The lowest BCUT2D eigenvalue weighted by Crippen LogP contribution is -2.30. The van der Waals surface area contributed by atoms with Crippen LogP contribution in [0.15, 0.2) is 36.4 Å². The molecule has 3 rings (SSSR count). The van der Waals surface area contributed by atoms with Gasteiger partial charge >= 0.3 is 0 Å². The molecule has 0 atom stereocenters. The van der Waals surface area contributed by atoms with E-state index < -0.39 is 0 Å². The molecule has 0 aromatic heterocycles. The molecule has 1 fully saturated rings. The van der Waals surface area contributed by atoms with Crippen LogP contribution in [0, 0.1) is 0 Å². The first-order valence-electron chi connectivity index (χ1n) is 11.4. The van der Waals surface area contributed by atoms with E-state index in [2.05, 4.69) is 96.7 Å². The van der Waals surface area contributed by atoms with Gasteiger partial charge in [-0.05, 0) is 45.9 Å². The molecule has 162 valence electrons. The number of carbonyl (C=O) groups is 1. The third-order valence-electron chi connectivity index (χ3n) is 6.21. The van der Waals surface area contributed by atoms with Gasteiger partial charge in [0.25, 0.3) is 0 Å². The number of benzene rings is 2. The van der Waals surface area contributed by atoms with Gasteiger partial charge < -0.3 is 4.90 Å². The Labute approximate surface area is 183 Å². The van der Waals surface area contributed by atoms with Gasteiger partial charge in [-0.1, -0.05) is 91.8 Å². The van der Waals surface area contributed by atoms with Crippen LogP contribution in [0.2, 0.25) is 0 Å². The van der Waals surface area contributed by atoms with Crippen molar-refractivity contribution in [1.82, 2.24) is 0 Å². The fourth-order valence-electron chi connectivity index (χ4n) is 4.59. The second-order valence-corrected chi connectivity index (χ2v) is 9.85. The lowest BCUT2D eigenvalue weighted by atomic mass is 9.92. The number of hydrogen-bond acceptors (Lipinski definition) is 2. The number of rotatable bonds is 6. The van der Waals surface area contributed by atoms with Gasteiger partial charge in [-0.15, -0.1) is 0 Å². The van der Waals surface area contributed by atoms with Gasteiger partial charge in [0, 0.05) is 5.69 Å². The number of anilines is 2. The van der Waals surface area contributed by atoms with Crippen molar-refractivity contribution < 1.29 is 4.79 Å². The molecule has 1 heterocycles. The van der Waals surface area contributed by atoms with E-state index in [0.29, 0.717) is 36.9 Å². The van der Waals surface area contributed by atoms with Crippen LogP contribution in [0.4, 0.5) is 11.4 Å². The van der Waals surface area contributed by atoms with Crippen molar-refractivity contribution >= 4 is 17.3 Å². The highest BCUT2D eigenvalue weighted by Gasteiger charge is 2.34. The van der Waals surface area contributed by atoms with E-state index in [0.717, 1.165) is 5.69 Å². The standard InChI is InChI=1S/C27H38N2O/c1-17(2)21-11-9-12-22(18(3)4)26(21)28-15-25(30)29(16-28)27-23(19(5)6)13-10-14-24(27)20(7)8/h9-14,17-20H,15-16H2,1-8H3. The average Bonchev–Trinajstić information content (AvgIpc) is 3.07. The molecule has 1 amide bonds. The largest absolute Gasteiger partial charge is 0.344 e. The molecule has 3 heteroatoms. The summed E-state index contributed by atoms with van der Waals surface area (Å²) in [7, 11) is 0. The smallest absolute Gasteiger partial charge is 0.248 e. The van der Waals surface area contributed by atoms with E-state index in [-0.39, 0.29) is 5.91 Å². The molecule has 0 aliphatic carbocycles. The highest BCUT2D eigenvalue weighted by molar-refractivity contribution is 6.01. The van der Waals surface area contributed by atoms with Crippen LogP contribution in [0.25, 0.3) is 0 Å². The highest BCUT2D eigenvalue weighted by atomic mass is 16.2. The second-order valence-electron chi connectivity index (χ2n) is 9.85. The number of amides is 1. The Balaban J connectivity index is 2.10. The van der Waals surface area contributed by atoms with Crippen molar-refractivity contribution in [1.29, 1.82) is 0 Å². The summed E-state index contributed by atoms with van der Waals surface area (Å²) in [5.41, 5.74) is 7.57. The van der Waals surface area contributed by atoms with Crippen LogP contribution in [-0.2, 0) is 4.79 Å². The Morgan fingerprint density at radius 1 is 0.633 bits per heavy atom. The Bertz CT molecular complexity index is 859. The molecule has 1 aliphatic heterocycles. The van der Waals surface area contributed by atoms with E-state index in [9.17, 15) is 4.79 Å². The quantitative estimate of drug-likeness (QED) is 0.516. The third-order valence-corrected chi connectivity index (χ3v) is 6.21. The molecule has 1 aliphatic rings. The Kier molecular flexibility index (Phi) is 6.59. The number of para-hydroxylation sites is 2. The highest BCUT2D eigenvalue weighted by Crippen LogP contribution is 2.40. The summed E-state index contributed by atoms with van der Waals surface area (Å²) in [6.07, 6.45) is 0. The summed E-state index contributed by atoms with van der Waals surface area (Å²) in [5, 5.41) is 0. The first kappa shape index (κ1) is 22.4. The van der Waals surface area contributed by atoms with Gasteiger partial charge in [0.15, 0.2) is 0 Å². The molecular weight excluding hydrogens is 368 g/mol. The summed E-state index contributed by atoms with van der Waals surface area (Å²) in [6.45, 7) is 18.9. The summed E-state index contributed by atoms with van der Waals surface area (Å²) >= 11 is 0. The van der Waals surface area contributed by atoms with Crippen molar-refractivity contribution in [3.8, 4) is 0 Å². The van der Waals surface area contributed by atoms with Crippen LogP contribution in [0.1, 0.15) is 101 Å². The second kappa shape index (κ2) is 8.83. The van der Waals surface area contributed by atoms with E-state index in [4.69, 9.17) is 0 Å². The van der Waals surface area contributed by atoms with Crippen LogP contribution in [0.5, 0.6) is 0 Å². The number of hydrogen-bond donors (Lipinski definition) is 0. The van der Waals surface area contributed by atoms with Gasteiger partial charge in [-0.3, -0.25) is 9.69 Å². The van der Waals surface area contributed by atoms with Crippen molar-refractivity contribution in [2.75, 3.05) is 23.0 Å². The molecule has 2 aromatic carbocycles. The molecule has 0 saturated carbocycles. The molecule has 0 spiro atoms. The lowest BCUT2D eigenvalue weighted by Gasteiger charge is -2.30. The zero-order valence-corrected chi connectivity index (χ0v) is 20.0. The fourth-order valence-corrected chi connectivity index (χ4v) is 4.59. The number of carbonyl (C=O) groups excluding carboxylic acids is 1. The van der Waals surface area contributed by atoms with Crippen molar-refractivity contribution in [3.63, 3.8) is 0 Å². The maximum atomic E-state index is 13.4. The summed E-state index contributed by atoms with van der Waals surface area (Å²) < 4.78 is 0. The average molecular weight is 407 g/mol. The zero-order valence-electron chi connectivity index (χ0n) is 20.0. The van der Waals surface area contributed by atoms with Crippen LogP contribution in [-0.4, -0.2) is 19.1 Å². The van der Waals surface area contributed by atoms with Crippen LogP contribution < -0.4 is 9.80 Å². The monoisotopic (exact) mass is 406 g/mol. The molecule has 3 nitrogen and oxygen atoms in total. The van der Waals surface area contributed by atoms with Crippen molar-refractivity contribution in [2.45, 2.75) is 79.1 Å². The lowest BCUT2D eigenvalue weighted by molar-refractivity contribution is -0.116. The predicted octanol–water partition coefficient (Wildman–Crippen LogP) is 6.99. The summed E-state index contributed by atoms with van der Waals surface area (Å²) in [4.78, 5) is 17.7. The Hall–Kier alpha value is -2.29.